The summed E-state index contributed by atoms with van der Waals surface area (Å²) < 4.78 is 5.42. The van der Waals surface area contributed by atoms with Gasteiger partial charge in [-0.3, -0.25) is 4.90 Å². The minimum atomic E-state index is 0. The molecule has 0 saturated carbocycles. The second-order valence-corrected chi connectivity index (χ2v) is 5.77. The third-order valence-corrected chi connectivity index (χ3v) is 3.67. The number of aliphatic imine (C=N–C) groups is 1. The minimum Gasteiger partial charge on any atom is -0.468 e. The van der Waals surface area contributed by atoms with Crippen molar-refractivity contribution in [3.63, 3.8) is 0 Å². The molecule has 1 heterocycles. The summed E-state index contributed by atoms with van der Waals surface area (Å²) in [6.45, 7) is 5.50. The van der Waals surface area contributed by atoms with E-state index < -0.39 is 0 Å². The van der Waals surface area contributed by atoms with Crippen molar-refractivity contribution in [3.8, 4) is 12.3 Å². The summed E-state index contributed by atoms with van der Waals surface area (Å²) in [7, 11) is 2.08. The Bertz CT molecular complexity index is 707. The van der Waals surface area contributed by atoms with Gasteiger partial charge in [-0.25, -0.2) is 4.99 Å². The zero-order chi connectivity index (χ0) is 17.9. The van der Waals surface area contributed by atoms with E-state index >= 15 is 0 Å². The second-order valence-electron chi connectivity index (χ2n) is 5.77. The Morgan fingerprint density at radius 1 is 1.15 bits per heavy atom. The molecule has 0 atom stereocenters. The standard InChI is InChI=1S/C20H26N4O.HI/c1-4-12-22-20(21-5-2)23-14-17-9-6-7-10-18(17)15-24(3)16-19-11-8-13-25-19;/h1,6-11,13H,5,12,14-16H2,2-3H3,(H2,21,22,23);1H. The van der Waals surface area contributed by atoms with E-state index in [2.05, 4.69) is 51.7 Å². The number of terminal acetylenes is 1. The van der Waals surface area contributed by atoms with E-state index in [1.165, 1.54) is 11.1 Å². The fourth-order valence-corrected chi connectivity index (χ4v) is 2.52. The number of halogens is 1. The number of furan rings is 1. The molecule has 0 spiro atoms. The zero-order valence-corrected chi connectivity index (χ0v) is 17.7. The predicted octanol–water partition coefficient (Wildman–Crippen LogP) is 3.22. The minimum absolute atomic E-state index is 0. The van der Waals surface area contributed by atoms with Gasteiger partial charge >= 0.3 is 0 Å². The van der Waals surface area contributed by atoms with Crippen LogP contribution in [0, 0.1) is 12.3 Å². The first-order valence-corrected chi connectivity index (χ1v) is 8.46. The number of hydrogen-bond acceptors (Lipinski definition) is 3. The molecule has 140 valence electrons. The SMILES string of the molecule is C#CCNC(=NCc1ccccc1CN(C)Cc1ccco1)NCC.I. The fraction of sp³-hybridized carbons (Fsp3) is 0.350. The monoisotopic (exact) mass is 466 g/mol. The molecular weight excluding hydrogens is 439 g/mol. The number of nitrogens with zero attached hydrogens (tertiary/aromatic N) is 2. The molecule has 0 bridgehead atoms. The van der Waals surface area contributed by atoms with Gasteiger partial charge in [0.15, 0.2) is 5.96 Å². The normalized spacial score (nSPS) is 10.9. The lowest BCUT2D eigenvalue weighted by atomic mass is 10.1. The third kappa shape index (κ3) is 7.50. The lowest BCUT2D eigenvalue weighted by molar-refractivity contribution is 0.287. The maximum atomic E-state index is 5.42. The first kappa shape index (κ1) is 22.1. The zero-order valence-electron chi connectivity index (χ0n) is 15.4. The van der Waals surface area contributed by atoms with E-state index in [9.17, 15) is 0 Å². The van der Waals surface area contributed by atoms with Crippen molar-refractivity contribution in [3.05, 3.63) is 59.5 Å². The van der Waals surface area contributed by atoms with Crippen LogP contribution in [0.2, 0.25) is 0 Å². The van der Waals surface area contributed by atoms with Crippen molar-refractivity contribution in [2.24, 2.45) is 4.99 Å². The van der Waals surface area contributed by atoms with Crippen molar-refractivity contribution in [2.75, 3.05) is 20.1 Å². The Morgan fingerprint density at radius 2 is 1.92 bits per heavy atom. The molecule has 6 heteroatoms. The van der Waals surface area contributed by atoms with E-state index in [-0.39, 0.29) is 24.0 Å². The van der Waals surface area contributed by atoms with E-state index in [0.29, 0.717) is 13.1 Å². The van der Waals surface area contributed by atoms with Crippen LogP contribution in [-0.2, 0) is 19.6 Å². The molecule has 2 rings (SSSR count). The molecule has 0 fully saturated rings. The van der Waals surface area contributed by atoms with Gasteiger partial charge in [0.1, 0.15) is 5.76 Å². The lowest BCUT2D eigenvalue weighted by Gasteiger charge is -2.17. The van der Waals surface area contributed by atoms with Gasteiger partial charge in [-0.15, -0.1) is 30.4 Å². The van der Waals surface area contributed by atoms with Crippen molar-refractivity contribution in [2.45, 2.75) is 26.6 Å². The van der Waals surface area contributed by atoms with Crippen LogP contribution in [0.15, 0.2) is 52.1 Å². The van der Waals surface area contributed by atoms with Crippen LogP contribution in [0.25, 0.3) is 0 Å². The van der Waals surface area contributed by atoms with Gasteiger partial charge in [-0.05, 0) is 37.2 Å². The quantitative estimate of drug-likeness (QED) is 0.272. The highest BCUT2D eigenvalue weighted by Crippen LogP contribution is 2.14. The number of rotatable bonds is 8. The molecule has 0 aliphatic heterocycles. The van der Waals surface area contributed by atoms with Crippen LogP contribution in [0.3, 0.4) is 0 Å². The van der Waals surface area contributed by atoms with Crippen molar-refractivity contribution in [1.82, 2.24) is 15.5 Å². The molecule has 0 aliphatic rings. The third-order valence-electron chi connectivity index (χ3n) is 3.67. The summed E-state index contributed by atoms with van der Waals surface area (Å²) in [5.41, 5.74) is 2.46. The van der Waals surface area contributed by atoms with Gasteiger partial charge < -0.3 is 15.1 Å². The van der Waals surface area contributed by atoms with Gasteiger partial charge in [0.25, 0.3) is 0 Å². The summed E-state index contributed by atoms with van der Waals surface area (Å²) >= 11 is 0. The summed E-state index contributed by atoms with van der Waals surface area (Å²) in [5, 5.41) is 6.31. The van der Waals surface area contributed by atoms with E-state index in [4.69, 9.17) is 10.8 Å². The van der Waals surface area contributed by atoms with Crippen LogP contribution in [0.1, 0.15) is 23.8 Å². The van der Waals surface area contributed by atoms with Crippen LogP contribution < -0.4 is 10.6 Å². The molecule has 0 aliphatic carbocycles. The second kappa shape index (κ2) is 12.4. The Hall–Kier alpha value is -1.98. The largest absolute Gasteiger partial charge is 0.468 e. The smallest absolute Gasteiger partial charge is 0.192 e. The maximum absolute atomic E-state index is 5.42. The Kier molecular flexibility index (Phi) is 10.5. The molecule has 2 aromatic rings. The lowest BCUT2D eigenvalue weighted by Crippen LogP contribution is -2.37. The number of benzene rings is 1. The van der Waals surface area contributed by atoms with Crippen LogP contribution >= 0.6 is 24.0 Å². The average Bonchev–Trinajstić information content (AvgIpc) is 3.11. The van der Waals surface area contributed by atoms with E-state index in [0.717, 1.165) is 31.4 Å². The molecule has 0 unspecified atom stereocenters. The predicted molar refractivity (Wildman–Crippen MR) is 117 cm³/mol. The van der Waals surface area contributed by atoms with Crippen LogP contribution in [0.5, 0.6) is 0 Å². The Labute approximate surface area is 173 Å². The first-order valence-electron chi connectivity index (χ1n) is 8.46. The van der Waals surface area contributed by atoms with Gasteiger partial charge in [-0.2, -0.15) is 0 Å². The topological polar surface area (TPSA) is 52.8 Å². The molecule has 26 heavy (non-hydrogen) atoms. The van der Waals surface area contributed by atoms with Crippen LogP contribution in [0.4, 0.5) is 0 Å². The molecule has 1 aromatic heterocycles. The first-order chi connectivity index (χ1) is 12.2. The fourth-order valence-electron chi connectivity index (χ4n) is 2.52. The summed E-state index contributed by atoms with van der Waals surface area (Å²) in [6.07, 6.45) is 7.01. The summed E-state index contributed by atoms with van der Waals surface area (Å²) in [4.78, 5) is 6.85. The molecule has 1 aromatic carbocycles. The van der Waals surface area contributed by atoms with Gasteiger partial charge in [0.05, 0.1) is 25.9 Å². The Balaban J connectivity index is 0.00000338. The molecule has 2 N–H and O–H groups in total. The van der Waals surface area contributed by atoms with Crippen LogP contribution in [-0.4, -0.2) is 31.0 Å². The van der Waals surface area contributed by atoms with Gasteiger partial charge in [0.2, 0.25) is 0 Å². The molecule has 0 amide bonds. The van der Waals surface area contributed by atoms with Crippen molar-refractivity contribution < 1.29 is 4.42 Å². The number of nitrogens with one attached hydrogen (secondary N) is 2. The molecule has 5 nitrogen and oxygen atoms in total. The number of hydrogen-bond donors (Lipinski definition) is 2. The van der Waals surface area contributed by atoms with Gasteiger partial charge in [0, 0.05) is 13.1 Å². The maximum Gasteiger partial charge on any atom is 0.192 e. The molecule has 0 saturated heterocycles. The van der Waals surface area contributed by atoms with Gasteiger partial charge in [-0.1, -0.05) is 30.2 Å². The molecule has 0 radical (unpaired) electrons. The van der Waals surface area contributed by atoms with E-state index in [1.807, 2.05) is 25.1 Å². The highest BCUT2D eigenvalue weighted by atomic mass is 127. The van der Waals surface area contributed by atoms with Crippen molar-refractivity contribution in [1.29, 1.82) is 0 Å². The van der Waals surface area contributed by atoms with Crippen molar-refractivity contribution >= 4 is 29.9 Å². The summed E-state index contributed by atoms with van der Waals surface area (Å²) in [5.74, 6) is 4.26. The highest BCUT2D eigenvalue weighted by Gasteiger charge is 2.07. The highest BCUT2D eigenvalue weighted by molar-refractivity contribution is 14.0. The number of guanidine groups is 1. The average molecular weight is 466 g/mol. The van der Waals surface area contributed by atoms with E-state index in [1.54, 1.807) is 6.26 Å². The molecular formula is C20H27IN4O. The summed E-state index contributed by atoms with van der Waals surface area (Å²) in [6, 6.07) is 12.3. The Morgan fingerprint density at radius 3 is 2.58 bits per heavy atom.